The zero-order chi connectivity index (χ0) is 12.8. The average Bonchev–Trinajstić information content (AvgIpc) is 2.25. The fourth-order valence-corrected chi connectivity index (χ4v) is 1.13. The second kappa shape index (κ2) is 5.66. The van der Waals surface area contributed by atoms with Crippen molar-refractivity contribution in [3.05, 3.63) is 35.1 Å². The maximum atomic E-state index is 13.3. The maximum Gasteiger partial charge on any atom is 0.337 e. The van der Waals surface area contributed by atoms with Gasteiger partial charge in [0.15, 0.2) is 0 Å². The van der Waals surface area contributed by atoms with Crippen molar-refractivity contribution in [3.8, 4) is 11.8 Å². The lowest BCUT2D eigenvalue weighted by Gasteiger charge is -1.99. The van der Waals surface area contributed by atoms with Gasteiger partial charge in [0.1, 0.15) is 5.82 Å². The molecule has 0 spiro atoms. The number of hydrogen-bond donors (Lipinski definition) is 2. The van der Waals surface area contributed by atoms with Gasteiger partial charge in [-0.25, -0.2) is 9.18 Å². The topological polar surface area (TPSA) is 66.4 Å². The number of benzene rings is 1. The van der Waals surface area contributed by atoms with Gasteiger partial charge in [-0.1, -0.05) is 17.9 Å². The van der Waals surface area contributed by atoms with E-state index in [-0.39, 0.29) is 23.6 Å². The Hall–Kier alpha value is -2.35. The van der Waals surface area contributed by atoms with E-state index in [1.807, 2.05) is 0 Å². The number of amides is 1. The largest absolute Gasteiger partial charge is 0.478 e. The molecule has 17 heavy (non-hydrogen) atoms. The highest BCUT2D eigenvalue weighted by molar-refractivity contribution is 5.90. The van der Waals surface area contributed by atoms with Gasteiger partial charge in [-0.2, -0.15) is 0 Å². The van der Waals surface area contributed by atoms with Crippen molar-refractivity contribution >= 4 is 11.9 Å². The molecule has 0 saturated carbocycles. The molecule has 5 heteroatoms. The molecule has 1 rings (SSSR count). The summed E-state index contributed by atoms with van der Waals surface area (Å²) in [5.74, 6) is 2.69. The van der Waals surface area contributed by atoms with Gasteiger partial charge in [0.25, 0.3) is 0 Å². The van der Waals surface area contributed by atoms with Gasteiger partial charge < -0.3 is 10.4 Å². The van der Waals surface area contributed by atoms with E-state index in [1.54, 1.807) is 0 Å². The van der Waals surface area contributed by atoms with Crippen LogP contribution in [0.1, 0.15) is 22.8 Å². The van der Waals surface area contributed by atoms with E-state index in [4.69, 9.17) is 5.11 Å². The molecular formula is C12H10FNO3. The van der Waals surface area contributed by atoms with Crippen molar-refractivity contribution in [2.45, 2.75) is 6.92 Å². The Morgan fingerprint density at radius 2 is 2.18 bits per heavy atom. The summed E-state index contributed by atoms with van der Waals surface area (Å²) in [6.45, 7) is 1.37. The fourth-order valence-electron chi connectivity index (χ4n) is 1.13. The Bertz CT molecular complexity index is 514. The van der Waals surface area contributed by atoms with Crippen LogP contribution in [0.25, 0.3) is 0 Å². The second-order valence-electron chi connectivity index (χ2n) is 3.18. The summed E-state index contributed by atoms with van der Waals surface area (Å²) in [6.07, 6.45) is 0. The highest BCUT2D eigenvalue weighted by atomic mass is 19.1. The van der Waals surface area contributed by atoms with Crippen LogP contribution in [0, 0.1) is 17.7 Å². The van der Waals surface area contributed by atoms with Gasteiger partial charge in [0.05, 0.1) is 17.7 Å². The zero-order valence-corrected chi connectivity index (χ0v) is 9.08. The Morgan fingerprint density at radius 1 is 1.47 bits per heavy atom. The van der Waals surface area contributed by atoms with Crippen molar-refractivity contribution in [1.29, 1.82) is 0 Å². The van der Waals surface area contributed by atoms with E-state index in [0.717, 1.165) is 6.07 Å². The molecule has 0 aliphatic rings. The van der Waals surface area contributed by atoms with Crippen LogP contribution in [0.5, 0.6) is 0 Å². The second-order valence-corrected chi connectivity index (χ2v) is 3.18. The molecule has 2 N–H and O–H groups in total. The summed E-state index contributed by atoms with van der Waals surface area (Å²) in [5, 5.41) is 11.2. The van der Waals surface area contributed by atoms with Crippen molar-refractivity contribution in [1.82, 2.24) is 5.32 Å². The molecule has 0 aliphatic carbocycles. The van der Waals surface area contributed by atoms with Crippen LogP contribution >= 0.6 is 0 Å². The molecule has 0 aliphatic heterocycles. The molecule has 0 saturated heterocycles. The first-order chi connectivity index (χ1) is 8.02. The molecule has 0 aromatic heterocycles. The number of aromatic carboxylic acids is 1. The van der Waals surface area contributed by atoms with E-state index in [9.17, 15) is 14.0 Å². The monoisotopic (exact) mass is 235 g/mol. The van der Waals surface area contributed by atoms with Crippen LogP contribution in [-0.4, -0.2) is 23.5 Å². The van der Waals surface area contributed by atoms with Crippen LogP contribution in [0.2, 0.25) is 0 Å². The van der Waals surface area contributed by atoms with Crippen LogP contribution in [0.15, 0.2) is 18.2 Å². The first-order valence-electron chi connectivity index (χ1n) is 4.77. The van der Waals surface area contributed by atoms with E-state index >= 15 is 0 Å². The van der Waals surface area contributed by atoms with Crippen molar-refractivity contribution < 1.29 is 19.1 Å². The summed E-state index contributed by atoms with van der Waals surface area (Å²) < 4.78 is 13.3. The van der Waals surface area contributed by atoms with Crippen LogP contribution in [-0.2, 0) is 4.79 Å². The van der Waals surface area contributed by atoms with Crippen molar-refractivity contribution in [3.63, 3.8) is 0 Å². The lowest BCUT2D eigenvalue weighted by molar-refractivity contribution is -0.118. The summed E-state index contributed by atoms with van der Waals surface area (Å²) in [6, 6.07) is 3.71. The van der Waals surface area contributed by atoms with E-state index in [2.05, 4.69) is 17.2 Å². The molecule has 0 heterocycles. The first kappa shape index (κ1) is 12.7. The number of carboxylic acids is 1. The number of hydrogen-bond acceptors (Lipinski definition) is 2. The number of carbonyl (C=O) groups is 2. The normalized spacial score (nSPS) is 9.06. The summed E-state index contributed by atoms with van der Waals surface area (Å²) >= 11 is 0. The van der Waals surface area contributed by atoms with Crippen LogP contribution in [0.3, 0.4) is 0 Å². The number of halogens is 1. The predicted octanol–water partition coefficient (Wildman–Crippen LogP) is 1.01. The molecule has 0 bridgehead atoms. The van der Waals surface area contributed by atoms with Crippen molar-refractivity contribution in [2.24, 2.45) is 0 Å². The third kappa shape index (κ3) is 3.61. The van der Waals surface area contributed by atoms with Gasteiger partial charge in [0.2, 0.25) is 5.91 Å². The molecule has 1 aromatic rings. The molecule has 1 aromatic carbocycles. The highest BCUT2D eigenvalue weighted by Gasteiger charge is 2.11. The Balaban J connectivity index is 2.96. The molecule has 0 fully saturated rings. The molecule has 0 atom stereocenters. The van der Waals surface area contributed by atoms with Gasteiger partial charge >= 0.3 is 5.97 Å². The molecule has 88 valence electrons. The molecule has 4 nitrogen and oxygen atoms in total. The number of rotatable bonds is 2. The van der Waals surface area contributed by atoms with Gasteiger partial charge in [-0.05, 0) is 12.1 Å². The van der Waals surface area contributed by atoms with Gasteiger partial charge in [-0.15, -0.1) is 0 Å². The van der Waals surface area contributed by atoms with Crippen LogP contribution < -0.4 is 5.32 Å². The van der Waals surface area contributed by atoms with E-state index in [1.165, 1.54) is 19.1 Å². The molecule has 0 unspecified atom stereocenters. The fraction of sp³-hybridized carbons (Fsp3) is 0.167. The Labute approximate surface area is 97.5 Å². The minimum Gasteiger partial charge on any atom is -0.478 e. The summed E-state index contributed by atoms with van der Waals surface area (Å²) in [5.41, 5.74) is -0.370. The van der Waals surface area contributed by atoms with E-state index < -0.39 is 11.8 Å². The number of carboxylic acid groups (broad SMARTS) is 1. The predicted molar refractivity (Wildman–Crippen MR) is 58.9 cm³/mol. The average molecular weight is 235 g/mol. The third-order valence-electron chi connectivity index (χ3n) is 1.88. The Kier molecular flexibility index (Phi) is 4.23. The van der Waals surface area contributed by atoms with Gasteiger partial charge in [0, 0.05) is 6.92 Å². The molecular weight excluding hydrogens is 225 g/mol. The van der Waals surface area contributed by atoms with Gasteiger partial charge in [-0.3, -0.25) is 4.79 Å². The Morgan fingerprint density at radius 3 is 2.76 bits per heavy atom. The standard InChI is InChI=1S/C12H10FNO3/c1-8(15)14-7-3-5-9-10(12(16)17)4-2-6-11(9)13/h2,4,6H,7H2,1H3,(H,14,15)(H,16,17). The first-order valence-corrected chi connectivity index (χ1v) is 4.77. The summed E-state index contributed by atoms with van der Waals surface area (Å²) in [7, 11) is 0. The lowest BCUT2D eigenvalue weighted by atomic mass is 10.1. The molecule has 1 amide bonds. The summed E-state index contributed by atoms with van der Waals surface area (Å²) in [4.78, 5) is 21.4. The highest BCUT2D eigenvalue weighted by Crippen LogP contribution is 2.12. The zero-order valence-electron chi connectivity index (χ0n) is 9.08. The molecule has 0 radical (unpaired) electrons. The smallest absolute Gasteiger partial charge is 0.337 e. The van der Waals surface area contributed by atoms with E-state index in [0.29, 0.717) is 0 Å². The quantitative estimate of drug-likeness (QED) is 0.752. The maximum absolute atomic E-state index is 13.3. The number of nitrogens with one attached hydrogen (secondary N) is 1. The lowest BCUT2D eigenvalue weighted by Crippen LogP contribution is -2.19. The van der Waals surface area contributed by atoms with Crippen LogP contribution in [0.4, 0.5) is 4.39 Å². The third-order valence-corrected chi connectivity index (χ3v) is 1.88. The SMILES string of the molecule is CC(=O)NCC#Cc1c(F)cccc1C(=O)O. The van der Waals surface area contributed by atoms with Crippen molar-refractivity contribution in [2.75, 3.05) is 6.54 Å². The minimum absolute atomic E-state index is 0.0444. The number of carbonyl (C=O) groups excluding carboxylic acids is 1. The minimum atomic E-state index is -1.24.